The van der Waals surface area contributed by atoms with E-state index >= 15 is 4.39 Å². The van der Waals surface area contributed by atoms with Gasteiger partial charge < -0.3 is 14.2 Å². The van der Waals surface area contributed by atoms with Gasteiger partial charge >= 0.3 is 0 Å². The van der Waals surface area contributed by atoms with Gasteiger partial charge in [-0.3, -0.25) is 4.90 Å². The van der Waals surface area contributed by atoms with Gasteiger partial charge in [0.1, 0.15) is 11.6 Å². The van der Waals surface area contributed by atoms with Crippen LogP contribution in [0.1, 0.15) is 34.6 Å². The molecule has 0 spiro atoms. The highest BCUT2D eigenvalue weighted by Gasteiger charge is 2.34. The van der Waals surface area contributed by atoms with E-state index in [4.69, 9.17) is 9.26 Å². The molecule has 5 rings (SSSR count). The van der Waals surface area contributed by atoms with E-state index in [1.165, 1.54) is 24.1 Å². The lowest BCUT2D eigenvalue weighted by Gasteiger charge is -2.35. The fraction of sp³-hybridized carbons (Fsp3) is 0.273. The fourth-order valence-corrected chi connectivity index (χ4v) is 4.25. The summed E-state index contributed by atoms with van der Waals surface area (Å²) in [7, 11) is 1.54. The molecule has 0 saturated heterocycles. The van der Waals surface area contributed by atoms with Crippen molar-refractivity contribution in [1.82, 2.24) is 20.0 Å². The molecule has 7 heteroatoms. The number of para-hydroxylation sites is 1. The van der Waals surface area contributed by atoms with Crippen LogP contribution < -0.4 is 4.74 Å². The summed E-state index contributed by atoms with van der Waals surface area (Å²) in [6.45, 7) is 3.00. The van der Waals surface area contributed by atoms with E-state index in [0.717, 1.165) is 24.2 Å². The van der Waals surface area contributed by atoms with Crippen LogP contribution >= 0.6 is 0 Å². The summed E-state index contributed by atoms with van der Waals surface area (Å²) >= 11 is 0. The van der Waals surface area contributed by atoms with Crippen molar-refractivity contribution in [2.45, 2.75) is 25.9 Å². The van der Waals surface area contributed by atoms with Gasteiger partial charge in [-0.2, -0.15) is 4.98 Å². The van der Waals surface area contributed by atoms with Crippen LogP contribution in [0.4, 0.5) is 4.39 Å². The van der Waals surface area contributed by atoms with Crippen molar-refractivity contribution in [3.05, 3.63) is 76.8 Å². The number of aryl methyl sites for hydroxylation is 1. The zero-order chi connectivity index (χ0) is 20.0. The first-order valence-electron chi connectivity index (χ1n) is 9.60. The smallest absolute Gasteiger partial charge is 0.240 e. The van der Waals surface area contributed by atoms with Gasteiger partial charge in [0.05, 0.1) is 19.7 Å². The highest BCUT2D eigenvalue weighted by Crippen LogP contribution is 2.40. The lowest BCUT2D eigenvalue weighted by Crippen LogP contribution is -2.36. The molecule has 2 aromatic heterocycles. The van der Waals surface area contributed by atoms with Crippen molar-refractivity contribution < 1.29 is 13.7 Å². The second-order valence-corrected chi connectivity index (χ2v) is 7.31. The summed E-state index contributed by atoms with van der Waals surface area (Å²) in [5.41, 5.74) is 3.90. The molecule has 6 nitrogen and oxygen atoms in total. The summed E-state index contributed by atoms with van der Waals surface area (Å²) in [5, 5.41) is 5.08. The van der Waals surface area contributed by atoms with Crippen molar-refractivity contribution in [2.24, 2.45) is 0 Å². The standard InChI is InChI=1S/C22H21FN4O2/c1-13-24-20(29-26-13)12-27-10-9-16-15-5-3-4-6-19(15)25-21(16)22(27)17-8-7-14(28-2)11-18(17)23/h3-8,11,22,25H,9-10,12H2,1-2H3/t22-/m0/s1. The van der Waals surface area contributed by atoms with E-state index in [1.807, 2.05) is 12.1 Å². The number of hydrogen-bond donors (Lipinski definition) is 1. The summed E-state index contributed by atoms with van der Waals surface area (Å²) < 4.78 is 25.6. The first-order valence-corrected chi connectivity index (χ1v) is 9.60. The van der Waals surface area contributed by atoms with Gasteiger partial charge in [-0.25, -0.2) is 4.39 Å². The number of aromatic amines is 1. The molecule has 4 aromatic rings. The van der Waals surface area contributed by atoms with Crippen LogP contribution in [0, 0.1) is 12.7 Å². The highest BCUT2D eigenvalue weighted by molar-refractivity contribution is 5.85. The van der Waals surface area contributed by atoms with Crippen LogP contribution in [-0.4, -0.2) is 33.7 Å². The minimum atomic E-state index is -0.299. The van der Waals surface area contributed by atoms with Crippen LogP contribution in [-0.2, 0) is 13.0 Å². The molecule has 29 heavy (non-hydrogen) atoms. The summed E-state index contributed by atoms with van der Waals surface area (Å²) in [6.07, 6.45) is 0.862. The second kappa shape index (κ2) is 7.00. The van der Waals surface area contributed by atoms with Gasteiger partial charge in [0.25, 0.3) is 0 Å². The summed E-state index contributed by atoms with van der Waals surface area (Å²) in [6, 6.07) is 12.9. The van der Waals surface area contributed by atoms with E-state index in [0.29, 0.717) is 29.6 Å². The third-order valence-corrected chi connectivity index (χ3v) is 5.54. The van der Waals surface area contributed by atoms with Gasteiger partial charge in [-0.1, -0.05) is 29.4 Å². The number of aromatic nitrogens is 3. The third kappa shape index (κ3) is 3.07. The lowest BCUT2D eigenvalue weighted by atomic mass is 9.92. The Labute approximate surface area is 167 Å². The first-order chi connectivity index (χ1) is 14.1. The van der Waals surface area contributed by atoms with Crippen LogP contribution in [0.25, 0.3) is 10.9 Å². The maximum atomic E-state index is 15.1. The second-order valence-electron chi connectivity index (χ2n) is 7.31. The Morgan fingerprint density at radius 3 is 2.90 bits per heavy atom. The first kappa shape index (κ1) is 17.9. The van der Waals surface area contributed by atoms with Gasteiger partial charge in [0, 0.05) is 34.8 Å². The number of nitrogens with zero attached hydrogens (tertiary/aromatic N) is 3. The predicted molar refractivity (Wildman–Crippen MR) is 106 cm³/mol. The summed E-state index contributed by atoms with van der Waals surface area (Å²) in [4.78, 5) is 10.0. The van der Waals surface area contributed by atoms with Crippen molar-refractivity contribution >= 4 is 10.9 Å². The Kier molecular flexibility index (Phi) is 4.32. The Bertz CT molecular complexity index is 1180. The fourth-order valence-electron chi connectivity index (χ4n) is 4.25. The van der Waals surface area contributed by atoms with E-state index < -0.39 is 0 Å². The zero-order valence-corrected chi connectivity index (χ0v) is 16.3. The van der Waals surface area contributed by atoms with Crippen molar-refractivity contribution in [2.75, 3.05) is 13.7 Å². The molecule has 2 aromatic carbocycles. The summed E-state index contributed by atoms with van der Waals surface area (Å²) in [5.74, 6) is 1.32. The van der Waals surface area contributed by atoms with E-state index in [-0.39, 0.29) is 11.9 Å². The van der Waals surface area contributed by atoms with Crippen LogP contribution in [0.2, 0.25) is 0 Å². The van der Waals surface area contributed by atoms with Gasteiger partial charge in [0.15, 0.2) is 5.82 Å². The Balaban J connectivity index is 1.64. The molecule has 0 aliphatic carbocycles. The van der Waals surface area contributed by atoms with E-state index in [1.54, 1.807) is 19.1 Å². The number of ether oxygens (including phenoxy) is 1. The number of H-pyrrole nitrogens is 1. The number of hydrogen-bond acceptors (Lipinski definition) is 5. The molecule has 1 aliphatic rings. The number of fused-ring (bicyclic) bond motifs is 3. The molecular formula is C22H21FN4O2. The molecule has 0 radical (unpaired) electrons. The molecule has 0 unspecified atom stereocenters. The van der Waals surface area contributed by atoms with Crippen molar-refractivity contribution in [1.29, 1.82) is 0 Å². The molecule has 1 aliphatic heterocycles. The topological polar surface area (TPSA) is 67.2 Å². The monoisotopic (exact) mass is 392 g/mol. The number of benzene rings is 2. The zero-order valence-electron chi connectivity index (χ0n) is 16.3. The molecular weight excluding hydrogens is 371 g/mol. The van der Waals surface area contributed by atoms with Crippen molar-refractivity contribution in [3.63, 3.8) is 0 Å². The normalized spacial score (nSPS) is 16.9. The highest BCUT2D eigenvalue weighted by atomic mass is 19.1. The van der Waals surface area contributed by atoms with Gasteiger partial charge in [-0.05, 0) is 31.0 Å². The average Bonchev–Trinajstić information content (AvgIpc) is 3.31. The van der Waals surface area contributed by atoms with Crippen molar-refractivity contribution in [3.8, 4) is 5.75 Å². The van der Waals surface area contributed by atoms with Gasteiger partial charge in [0.2, 0.25) is 5.89 Å². The molecule has 0 bridgehead atoms. The molecule has 148 valence electrons. The number of rotatable bonds is 4. The third-order valence-electron chi connectivity index (χ3n) is 5.54. The Morgan fingerprint density at radius 2 is 2.14 bits per heavy atom. The quantitative estimate of drug-likeness (QED) is 0.565. The molecule has 1 N–H and O–H groups in total. The van der Waals surface area contributed by atoms with Gasteiger partial charge in [-0.15, -0.1) is 0 Å². The maximum absolute atomic E-state index is 15.1. The number of nitrogens with one attached hydrogen (secondary N) is 1. The molecule has 3 heterocycles. The Morgan fingerprint density at radius 1 is 1.28 bits per heavy atom. The van der Waals surface area contributed by atoms with E-state index in [9.17, 15) is 0 Å². The number of methoxy groups -OCH3 is 1. The molecule has 0 fully saturated rings. The molecule has 0 amide bonds. The molecule has 1 atom stereocenters. The Hall–Kier alpha value is -3.19. The average molecular weight is 392 g/mol. The minimum Gasteiger partial charge on any atom is -0.497 e. The lowest BCUT2D eigenvalue weighted by molar-refractivity contribution is 0.173. The number of halogens is 1. The molecule has 0 saturated carbocycles. The predicted octanol–water partition coefficient (Wildman–Crippen LogP) is 4.15. The van der Waals surface area contributed by atoms with Crippen LogP contribution in [0.5, 0.6) is 5.75 Å². The van der Waals surface area contributed by atoms with Crippen LogP contribution in [0.15, 0.2) is 47.0 Å². The maximum Gasteiger partial charge on any atom is 0.240 e. The SMILES string of the molecule is COc1ccc([C@H]2c3[nH]c4ccccc4c3CCN2Cc2nc(C)no2)c(F)c1. The minimum absolute atomic E-state index is 0.288. The van der Waals surface area contributed by atoms with Crippen LogP contribution in [0.3, 0.4) is 0 Å². The van der Waals surface area contributed by atoms with E-state index in [2.05, 4.69) is 32.2 Å². The largest absolute Gasteiger partial charge is 0.497 e.